The standard InChI is InChI=1S/C30H34N8O2S/c1-18-10-27(35-30(32-18)38-17-22-12-23(38)16-37(22)8-9-39)34-26-13-24-25(14-31-26)41-28(33-24)20-4-3-5-21(11-20)29(40)36(2)15-19-6-7-19/h3-5,10-11,13-14,19,22-23,39H,6-9,12,15-17H2,1-2H3,(H,31,32,34,35)/t22-,23-/m0/s1. The van der Waals surface area contributed by atoms with Crippen molar-refractivity contribution in [3.8, 4) is 10.6 Å². The number of aryl methyl sites for hydroxylation is 1. The minimum Gasteiger partial charge on any atom is -0.395 e. The lowest BCUT2D eigenvalue weighted by molar-refractivity contribution is 0.0788. The maximum atomic E-state index is 13.0. The highest BCUT2D eigenvalue weighted by Gasteiger charge is 2.44. The Morgan fingerprint density at radius 1 is 1.12 bits per heavy atom. The van der Waals surface area contributed by atoms with Crippen molar-refractivity contribution in [1.82, 2.24) is 29.7 Å². The first-order valence-corrected chi connectivity index (χ1v) is 15.1. The van der Waals surface area contributed by atoms with Crippen LogP contribution in [0.3, 0.4) is 0 Å². The van der Waals surface area contributed by atoms with Crippen molar-refractivity contribution in [3.05, 3.63) is 53.9 Å². The number of rotatable bonds is 9. The normalized spacial score (nSPS) is 20.2. The summed E-state index contributed by atoms with van der Waals surface area (Å²) in [4.78, 5) is 38.5. The number of nitrogens with zero attached hydrogens (tertiary/aromatic N) is 7. The Balaban J connectivity index is 1.08. The molecule has 1 aromatic carbocycles. The van der Waals surface area contributed by atoms with Crippen LogP contribution in [0.4, 0.5) is 17.6 Å². The largest absolute Gasteiger partial charge is 0.395 e. The van der Waals surface area contributed by atoms with Gasteiger partial charge in [-0.05, 0) is 44.2 Å². The second-order valence-corrected chi connectivity index (χ2v) is 12.5. The first kappa shape index (κ1) is 26.2. The lowest BCUT2D eigenvalue weighted by atomic mass is 10.1. The number of anilines is 3. The summed E-state index contributed by atoms with van der Waals surface area (Å²) in [7, 11) is 1.88. The van der Waals surface area contributed by atoms with Gasteiger partial charge in [-0.3, -0.25) is 9.69 Å². The number of carbonyl (C=O) groups is 1. The summed E-state index contributed by atoms with van der Waals surface area (Å²) in [5, 5.41) is 13.6. The Labute approximate surface area is 243 Å². The van der Waals surface area contributed by atoms with Crippen LogP contribution in [0.2, 0.25) is 0 Å². The number of nitrogens with one attached hydrogen (secondary N) is 1. The van der Waals surface area contributed by atoms with Gasteiger partial charge in [0, 0.05) is 80.5 Å². The van der Waals surface area contributed by atoms with E-state index in [2.05, 4.69) is 20.1 Å². The number of aromatic nitrogens is 4. The minimum atomic E-state index is 0.0526. The third-order valence-corrected chi connectivity index (χ3v) is 9.36. The molecule has 5 heterocycles. The molecule has 41 heavy (non-hydrogen) atoms. The van der Waals surface area contributed by atoms with E-state index in [-0.39, 0.29) is 12.5 Å². The number of hydrogen-bond acceptors (Lipinski definition) is 10. The highest BCUT2D eigenvalue weighted by atomic mass is 32.1. The highest BCUT2D eigenvalue weighted by molar-refractivity contribution is 7.21. The molecule has 7 rings (SSSR count). The van der Waals surface area contributed by atoms with E-state index < -0.39 is 0 Å². The van der Waals surface area contributed by atoms with Crippen LogP contribution in [0.25, 0.3) is 20.8 Å². The van der Waals surface area contributed by atoms with E-state index in [0.717, 1.165) is 65.0 Å². The number of pyridine rings is 1. The monoisotopic (exact) mass is 570 g/mol. The van der Waals surface area contributed by atoms with Gasteiger partial charge in [0.2, 0.25) is 5.95 Å². The van der Waals surface area contributed by atoms with E-state index >= 15 is 0 Å². The Morgan fingerprint density at radius 2 is 2.00 bits per heavy atom. The number of piperazine rings is 1. The molecule has 2 bridgehead atoms. The average Bonchev–Trinajstić information content (AvgIpc) is 3.35. The van der Waals surface area contributed by atoms with Gasteiger partial charge in [0.05, 0.1) is 16.8 Å². The zero-order valence-corrected chi connectivity index (χ0v) is 24.1. The number of thiazole rings is 1. The molecule has 2 saturated heterocycles. The molecule has 3 fully saturated rings. The van der Waals surface area contributed by atoms with Gasteiger partial charge < -0.3 is 20.2 Å². The van der Waals surface area contributed by atoms with Crippen molar-refractivity contribution >= 4 is 45.0 Å². The quantitative estimate of drug-likeness (QED) is 0.309. The van der Waals surface area contributed by atoms with Gasteiger partial charge >= 0.3 is 0 Å². The fraction of sp³-hybridized carbons (Fsp3) is 0.433. The van der Waals surface area contributed by atoms with Gasteiger partial charge in [0.15, 0.2) is 0 Å². The summed E-state index contributed by atoms with van der Waals surface area (Å²) < 4.78 is 0.980. The molecule has 11 heteroatoms. The molecule has 2 N–H and O–H groups in total. The molecular formula is C30H34N8O2S. The summed E-state index contributed by atoms with van der Waals surface area (Å²) >= 11 is 1.57. The van der Waals surface area contributed by atoms with Crippen LogP contribution in [0.5, 0.6) is 0 Å². The minimum absolute atomic E-state index is 0.0526. The number of hydrogen-bond donors (Lipinski definition) is 2. The Hall–Kier alpha value is -3.67. The fourth-order valence-corrected chi connectivity index (χ4v) is 6.99. The molecule has 3 aromatic heterocycles. The van der Waals surface area contributed by atoms with Crippen molar-refractivity contribution in [1.29, 1.82) is 0 Å². The van der Waals surface area contributed by atoms with Gasteiger partial charge in [0.1, 0.15) is 16.6 Å². The summed E-state index contributed by atoms with van der Waals surface area (Å²) in [6.45, 7) is 5.53. The molecule has 212 valence electrons. The average molecular weight is 571 g/mol. The van der Waals surface area contributed by atoms with Crippen LogP contribution in [0, 0.1) is 12.8 Å². The molecule has 3 aliphatic rings. The maximum Gasteiger partial charge on any atom is 0.253 e. The first-order chi connectivity index (χ1) is 19.9. The van der Waals surface area contributed by atoms with Crippen LogP contribution in [-0.4, -0.2) is 92.7 Å². The molecular weight excluding hydrogens is 536 g/mol. The number of aliphatic hydroxyl groups is 1. The number of β-amino-alcohol motifs (C(OH)–C–C–N with tert-alkyl or cyclic N) is 1. The van der Waals surface area contributed by atoms with Crippen LogP contribution in [-0.2, 0) is 0 Å². The highest BCUT2D eigenvalue weighted by Crippen LogP contribution is 2.35. The van der Waals surface area contributed by atoms with Crippen molar-refractivity contribution < 1.29 is 9.90 Å². The maximum absolute atomic E-state index is 13.0. The zero-order valence-electron chi connectivity index (χ0n) is 23.3. The van der Waals surface area contributed by atoms with Crippen LogP contribution >= 0.6 is 11.3 Å². The van der Waals surface area contributed by atoms with Crippen LogP contribution in [0.15, 0.2) is 42.6 Å². The van der Waals surface area contributed by atoms with Gasteiger partial charge in [-0.15, -0.1) is 11.3 Å². The number of likely N-dealkylation sites (tertiary alicyclic amines) is 1. The molecule has 2 atom stereocenters. The summed E-state index contributed by atoms with van der Waals surface area (Å²) in [5.74, 6) is 2.81. The fourth-order valence-electron chi connectivity index (χ4n) is 6.08. The zero-order chi connectivity index (χ0) is 28.1. The number of benzene rings is 1. The number of carbonyl (C=O) groups excluding carboxylic acids is 1. The van der Waals surface area contributed by atoms with Crippen molar-refractivity contribution in [2.24, 2.45) is 5.92 Å². The Kier molecular flexibility index (Phi) is 6.80. The third-order valence-electron chi connectivity index (χ3n) is 8.30. The number of fused-ring (bicyclic) bond motifs is 3. The SMILES string of the molecule is Cc1cc(Nc2cc3nc(-c4cccc(C(=O)N(C)CC5CC5)c4)sc3cn2)nc(N2C[C@@H]3C[C@H]2CN3CCO)n1. The topological polar surface area (TPSA) is 111 Å². The van der Waals surface area contributed by atoms with Crippen molar-refractivity contribution in [3.63, 3.8) is 0 Å². The second kappa shape index (κ2) is 10.6. The second-order valence-electron chi connectivity index (χ2n) is 11.5. The van der Waals surface area contributed by atoms with E-state index in [0.29, 0.717) is 35.2 Å². The molecule has 0 radical (unpaired) electrons. The lowest BCUT2D eigenvalue weighted by Gasteiger charge is -2.34. The van der Waals surface area contributed by atoms with Crippen molar-refractivity contribution in [2.45, 2.75) is 38.3 Å². The van der Waals surface area contributed by atoms with E-state index in [4.69, 9.17) is 15.0 Å². The molecule has 1 amide bonds. The molecule has 4 aromatic rings. The van der Waals surface area contributed by atoms with E-state index in [9.17, 15) is 9.90 Å². The molecule has 10 nitrogen and oxygen atoms in total. The lowest BCUT2D eigenvalue weighted by Crippen LogP contribution is -2.47. The summed E-state index contributed by atoms with van der Waals surface area (Å²) in [6, 6.07) is 12.4. The predicted molar refractivity (Wildman–Crippen MR) is 161 cm³/mol. The van der Waals surface area contributed by atoms with E-state index in [1.54, 1.807) is 11.3 Å². The summed E-state index contributed by atoms with van der Waals surface area (Å²) in [5.41, 5.74) is 3.35. The van der Waals surface area contributed by atoms with E-state index in [1.165, 1.54) is 12.8 Å². The Morgan fingerprint density at radius 3 is 2.78 bits per heavy atom. The van der Waals surface area contributed by atoms with Crippen molar-refractivity contribution in [2.75, 3.05) is 50.1 Å². The van der Waals surface area contributed by atoms with Gasteiger partial charge in [-0.2, -0.15) is 4.98 Å². The van der Waals surface area contributed by atoms with E-state index in [1.807, 2.05) is 61.5 Å². The van der Waals surface area contributed by atoms with Crippen LogP contribution < -0.4 is 10.2 Å². The van der Waals surface area contributed by atoms with Gasteiger partial charge in [-0.25, -0.2) is 15.0 Å². The molecule has 2 aliphatic heterocycles. The smallest absolute Gasteiger partial charge is 0.253 e. The summed E-state index contributed by atoms with van der Waals surface area (Å²) in [6.07, 6.45) is 5.35. The molecule has 1 saturated carbocycles. The Bertz CT molecular complexity index is 1600. The van der Waals surface area contributed by atoms with Gasteiger partial charge in [0.25, 0.3) is 5.91 Å². The first-order valence-electron chi connectivity index (χ1n) is 14.3. The number of amides is 1. The molecule has 0 spiro atoms. The van der Waals surface area contributed by atoms with Gasteiger partial charge in [-0.1, -0.05) is 12.1 Å². The third kappa shape index (κ3) is 5.37. The molecule has 1 aliphatic carbocycles. The molecule has 0 unspecified atom stereocenters. The van der Waals surface area contributed by atoms with Crippen LogP contribution in [0.1, 0.15) is 35.3 Å². The number of aliphatic hydroxyl groups excluding tert-OH is 1. The predicted octanol–water partition coefficient (Wildman–Crippen LogP) is 3.94.